The largest absolute Gasteiger partial charge is 0.376 e. The van der Waals surface area contributed by atoms with Gasteiger partial charge in [-0.05, 0) is 148 Å². The summed E-state index contributed by atoms with van der Waals surface area (Å²) >= 11 is 0. The molecule has 0 spiro atoms. The molecule has 73 heavy (non-hydrogen) atoms. The summed E-state index contributed by atoms with van der Waals surface area (Å²) in [6.45, 7) is -0.202. The van der Waals surface area contributed by atoms with Gasteiger partial charge in [-0.15, -0.1) is 0 Å². The van der Waals surface area contributed by atoms with Crippen molar-refractivity contribution in [1.29, 1.82) is 0 Å². The lowest BCUT2D eigenvalue weighted by Gasteiger charge is -2.51. The van der Waals surface area contributed by atoms with Crippen LogP contribution in [-0.2, 0) is 0 Å². The molecule has 0 aliphatic carbocycles. The van der Waals surface area contributed by atoms with Gasteiger partial charge in [-0.25, -0.2) is 0 Å². The molecular formula is C66H45B2N5. The number of para-hydroxylation sites is 8. The van der Waals surface area contributed by atoms with Crippen LogP contribution in [0.15, 0.2) is 273 Å². The first-order valence-corrected chi connectivity index (χ1v) is 25.3. The molecule has 0 saturated heterocycles. The van der Waals surface area contributed by atoms with Crippen molar-refractivity contribution in [1.82, 2.24) is 0 Å². The van der Waals surface area contributed by atoms with Crippen molar-refractivity contribution in [3.8, 4) is 11.1 Å². The zero-order valence-electron chi connectivity index (χ0n) is 39.9. The fourth-order valence-electron chi connectivity index (χ4n) is 12.4. The van der Waals surface area contributed by atoms with Gasteiger partial charge < -0.3 is 24.4 Å². The van der Waals surface area contributed by atoms with Crippen molar-refractivity contribution >= 4 is 120 Å². The Labute approximate surface area is 426 Å². The highest BCUT2D eigenvalue weighted by Crippen LogP contribution is 2.52. The number of nitrogens with zero attached hydrogens (tertiary/aromatic N) is 5. The van der Waals surface area contributed by atoms with Crippen molar-refractivity contribution < 1.29 is 0 Å². The van der Waals surface area contributed by atoms with Gasteiger partial charge in [0.25, 0.3) is 6.71 Å². The summed E-state index contributed by atoms with van der Waals surface area (Å²) in [5.41, 5.74) is 25.0. The molecule has 0 N–H and O–H groups in total. The second-order valence-electron chi connectivity index (χ2n) is 19.2. The topological polar surface area (TPSA) is 16.2 Å². The number of anilines is 14. The van der Waals surface area contributed by atoms with E-state index >= 15 is 0 Å². The van der Waals surface area contributed by atoms with Crippen LogP contribution >= 0.6 is 0 Å². The zero-order valence-corrected chi connectivity index (χ0v) is 39.9. The van der Waals surface area contributed by atoms with E-state index in [0.29, 0.717) is 0 Å². The quantitative estimate of drug-likeness (QED) is 0.141. The summed E-state index contributed by atoms with van der Waals surface area (Å²) in [5.74, 6) is 0. The molecule has 4 aliphatic rings. The maximum absolute atomic E-state index is 2.64. The van der Waals surface area contributed by atoms with Crippen LogP contribution in [0, 0.1) is 0 Å². The predicted octanol–water partition coefficient (Wildman–Crippen LogP) is 13.9. The molecule has 0 unspecified atom stereocenters. The second kappa shape index (κ2) is 16.6. The van der Waals surface area contributed by atoms with E-state index < -0.39 is 0 Å². The van der Waals surface area contributed by atoms with Crippen molar-refractivity contribution in [3.05, 3.63) is 273 Å². The fraction of sp³-hybridized carbons (Fsp3) is 0. The van der Waals surface area contributed by atoms with Gasteiger partial charge in [0.1, 0.15) is 0 Å². The molecule has 0 bridgehead atoms. The molecule has 0 fully saturated rings. The van der Waals surface area contributed by atoms with E-state index in [1.807, 2.05) is 0 Å². The zero-order chi connectivity index (χ0) is 48.0. The van der Waals surface area contributed by atoms with Crippen LogP contribution in [0.4, 0.5) is 79.6 Å². The minimum atomic E-state index is -0.102. The highest BCUT2D eigenvalue weighted by molar-refractivity contribution is 7.02. The van der Waals surface area contributed by atoms with Crippen LogP contribution in [0.2, 0.25) is 0 Å². The molecule has 11 aromatic carbocycles. The molecule has 0 amide bonds. The van der Waals surface area contributed by atoms with E-state index in [4.69, 9.17) is 0 Å². The van der Waals surface area contributed by atoms with Crippen LogP contribution < -0.4 is 51.7 Å². The van der Waals surface area contributed by atoms with Crippen molar-refractivity contribution in [2.24, 2.45) is 0 Å². The van der Waals surface area contributed by atoms with E-state index in [0.717, 1.165) is 45.5 Å². The molecule has 0 atom stereocenters. The minimum Gasteiger partial charge on any atom is -0.376 e. The summed E-state index contributed by atoms with van der Waals surface area (Å²) in [7, 11) is 0. The van der Waals surface area contributed by atoms with Gasteiger partial charge in [-0.1, -0.05) is 158 Å². The lowest BCUT2D eigenvalue weighted by molar-refractivity contribution is 1.23. The van der Waals surface area contributed by atoms with Crippen LogP contribution in [0.25, 0.3) is 11.1 Å². The van der Waals surface area contributed by atoms with Gasteiger partial charge >= 0.3 is 6.85 Å². The van der Waals surface area contributed by atoms with Crippen LogP contribution in [-0.4, -0.2) is 13.6 Å². The first-order valence-electron chi connectivity index (χ1n) is 25.3. The molecule has 7 heteroatoms. The first-order chi connectivity index (χ1) is 36.3. The molecule has 4 aliphatic heterocycles. The average molecular weight is 930 g/mol. The van der Waals surface area contributed by atoms with Gasteiger partial charge in [0, 0.05) is 85.2 Å². The molecular weight excluding hydrogens is 884 g/mol. The Hall–Kier alpha value is -9.45. The maximum atomic E-state index is 2.64. The molecule has 4 heterocycles. The van der Waals surface area contributed by atoms with Crippen molar-refractivity contribution in [3.63, 3.8) is 0 Å². The number of rotatable bonds is 8. The summed E-state index contributed by atoms with van der Waals surface area (Å²) in [6.07, 6.45) is 0. The smallest absolute Gasteiger partial charge is 0.333 e. The third kappa shape index (κ3) is 6.32. The molecule has 0 radical (unpaired) electrons. The maximum Gasteiger partial charge on any atom is 0.333 e. The molecule has 5 nitrogen and oxygen atoms in total. The van der Waals surface area contributed by atoms with Gasteiger partial charge in [0.15, 0.2) is 0 Å². The molecule has 11 aromatic rings. The molecule has 340 valence electrons. The number of benzene rings is 11. The Bertz CT molecular complexity index is 3810. The third-order valence-electron chi connectivity index (χ3n) is 15.3. The number of hydrogen-bond donors (Lipinski definition) is 0. The molecule has 0 saturated carbocycles. The summed E-state index contributed by atoms with van der Waals surface area (Å²) in [4.78, 5) is 12.6. The highest BCUT2D eigenvalue weighted by Gasteiger charge is 2.52. The highest BCUT2D eigenvalue weighted by atomic mass is 15.2. The lowest BCUT2D eigenvalue weighted by atomic mass is 9.31. The normalized spacial score (nSPS) is 13.1. The number of fused-ring (bicyclic) bond motifs is 10. The van der Waals surface area contributed by atoms with E-state index in [-0.39, 0.29) is 13.6 Å². The van der Waals surface area contributed by atoms with Crippen LogP contribution in [0.5, 0.6) is 0 Å². The summed E-state index contributed by atoms with van der Waals surface area (Å²) in [6, 6.07) is 100. The standard InChI is InChI=1S/C66H45B2N5/c1-7-23-46(24-8-1)69(47-25-9-2-10-26-47)52-39-41-56-61(43-52)71(50-31-15-5-16-32-50)63-45-55-54-35-19-21-37-59(54)73(51-33-17-6-18-34-51)68-58-36-20-22-38-60(58)72-62-44-53(40-42-57(62)67(56)65(63)66(72)64(55)68)70(48-27-11-3-12-28-48)49-29-13-4-14-30-49/h1-45H. The van der Waals surface area contributed by atoms with Gasteiger partial charge in [-0.3, -0.25) is 0 Å². The first kappa shape index (κ1) is 41.3. The SMILES string of the molecule is c1ccc(N2B3c4ccccc4N4c5cc(N(c6ccccc6)c6ccccc6)ccc5B5c6ccc(N(c7ccccc7)c7ccccc7)cc6N(c6ccccc6)c6cc(c3c4c65)-c3ccccc32)cc1. The second-order valence-corrected chi connectivity index (χ2v) is 19.2. The van der Waals surface area contributed by atoms with Crippen molar-refractivity contribution in [2.45, 2.75) is 0 Å². The Morgan fingerprint density at radius 2 is 0.712 bits per heavy atom. The van der Waals surface area contributed by atoms with E-state index in [1.165, 1.54) is 72.6 Å². The Kier molecular flexibility index (Phi) is 9.39. The minimum absolute atomic E-state index is 0.100. The average Bonchev–Trinajstić information content (AvgIpc) is 3.46. The Morgan fingerprint density at radius 3 is 1.25 bits per heavy atom. The Morgan fingerprint density at radius 1 is 0.274 bits per heavy atom. The summed E-state index contributed by atoms with van der Waals surface area (Å²) in [5, 5.41) is 0. The Balaban J connectivity index is 1.06. The van der Waals surface area contributed by atoms with E-state index in [9.17, 15) is 0 Å². The van der Waals surface area contributed by atoms with Gasteiger partial charge in [0.2, 0.25) is 0 Å². The lowest BCUT2D eigenvalue weighted by Crippen LogP contribution is -2.68. The van der Waals surface area contributed by atoms with Crippen LogP contribution in [0.3, 0.4) is 0 Å². The number of hydrogen-bond acceptors (Lipinski definition) is 5. The van der Waals surface area contributed by atoms with Crippen LogP contribution in [0.1, 0.15) is 0 Å². The van der Waals surface area contributed by atoms with Crippen molar-refractivity contribution in [2.75, 3.05) is 24.4 Å². The third-order valence-corrected chi connectivity index (χ3v) is 15.3. The van der Waals surface area contributed by atoms with E-state index in [2.05, 4.69) is 297 Å². The van der Waals surface area contributed by atoms with E-state index in [1.54, 1.807) is 0 Å². The van der Waals surface area contributed by atoms with Gasteiger partial charge in [0.05, 0.1) is 0 Å². The van der Waals surface area contributed by atoms with Gasteiger partial charge in [-0.2, -0.15) is 0 Å². The monoisotopic (exact) mass is 929 g/mol. The summed E-state index contributed by atoms with van der Waals surface area (Å²) < 4.78 is 0. The molecule has 15 rings (SSSR count). The predicted molar refractivity (Wildman–Crippen MR) is 309 cm³/mol. The molecule has 0 aromatic heterocycles. The fourth-order valence-corrected chi connectivity index (χ4v) is 12.4.